The summed E-state index contributed by atoms with van der Waals surface area (Å²) < 4.78 is 51.2. The van der Waals surface area contributed by atoms with E-state index in [2.05, 4.69) is 15.9 Å². The largest absolute Gasteiger partial charge is 0.491 e. The van der Waals surface area contributed by atoms with Crippen LogP contribution >= 0.6 is 15.9 Å². The second kappa shape index (κ2) is 6.42. The third-order valence-electron chi connectivity index (χ3n) is 2.58. The molecular formula is C11H16BrNO5S2. The highest BCUT2D eigenvalue weighted by Gasteiger charge is 2.16. The molecule has 0 fully saturated rings. The van der Waals surface area contributed by atoms with Crippen LogP contribution in [0.4, 0.5) is 0 Å². The molecule has 0 amide bonds. The van der Waals surface area contributed by atoms with E-state index in [1.54, 1.807) is 13.8 Å². The lowest BCUT2D eigenvalue weighted by Gasteiger charge is -2.11. The van der Waals surface area contributed by atoms with Gasteiger partial charge >= 0.3 is 0 Å². The van der Waals surface area contributed by atoms with E-state index in [1.165, 1.54) is 18.2 Å². The lowest BCUT2D eigenvalue weighted by molar-refractivity contribution is 0.338. The molecule has 114 valence electrons. The SMILES string of the molecule is CC(C)S(=O)(=O)CCOc1ccc(S(N)(=O)=O)cc1Br. The van der Waals surface area contributed by atoms with Gasteiger partial charge < -0.3 is 4.74 Å². The quantitative estimate of drug-likeness (QED) is 0.794. The molecule has 1 rings (SSSR count). The molecule has 0 aliphatic rings. The monoisotopic (exact) mass is 385 g/mol. The number of primary sulfonamides is 1. The fourth-order valence-electron chi connectivity index (χ4n) is 1.28. The van der Waals surface area contributed by atoms with E-state index in [4.69, 9.17) is 9.88 Å². The van der Waals surface area contributed by atoms with Crippen molar-refractivity contribution in [1.29, 1.82) is 0 Å². The van der Waals surface area contributed by atoms with Crippen molar-refractivity contribution >= 4 is 35.8 Å². The van der Waals surface area contributed by atoms with Gasteiger partial charge in [0.1, 0.15) is 12.4 Å². The van der Waals surface area contributed by atoms with Gasteiger partial charge in [0, 0.05) is 0 Å². The van der Waals surface area contributed by atoms with Crippen LogP contribution in [0.3, 0.4) is 0 Å². The zero-order valence-electron chi connectivity index (χ0n) is 11.0. The van der Waals surface area contributed by atoms with Gasteiger partial charge in [-0.2, -0.15) is 0 Å². The molecule has 0 spiro atoms. The molecule has 0 aliphatic carbocycles. The molecular weight excluding hydrogens is 370 g/mol. The van der Waals surface area contributed by atoms with E-state index in [9.17, 15) is 16.8 Å². The van der Waals surface area contributed by atoms with Gasteiger partial charge in [-0.15, -0.1) is 0 Å². The first-order valence-electron chi connectivity index (χ1n) is 5.71. The molecule has 0 bridgehead atoms. The van der Waals surface area contributed by atoms with E-state index >= 15 is 0 Å². The Kier molecular flexibility index (Phi) is 5.59. The third-order valence-corrected chi connectivity index (χ3v) is 6.28. The number of nitrogens with two attached hydrogens (primary N) is 1. The van der Waals surface area contributed by atoms with Gasteiger partial charge in [0.05, 0.1) is 20.4 Å². The number of hydrogen-bond donors (Lipinski definition) is 1. The molecule has 2 N–H and O–H groups in total. The van der Waals surface area contributed by atoms with Gasteiger partial charge in [-0.3, -0.25) is 0 Å². The van der Waals surface area contributed by atoms with Crippen molar-refractivity contribution in [3.05, 3.63) is 22.7 Å². The number of ether oxygens (including phenoxy) is 1. The predicted molar refractivity (Wildman–Crippen MR) is 79.9 cm³/mol. The Morgan fingerprint density at radius 1 is 1.25 bits per heavy atom. The van der Waals surface area contributed by atoms with Gasteiger partial charge in [-0.1, -0.05) is 0 Å². The van der Waals surface area contributed by atoms with E-state index in [1.807, 2.05) is 0 Å². The van der Waals surface area contributed by atoms with Crippen LogP contribution in [0.5, 0.6) is 5.75 Å². The minimum atomic E-state index is -3.78. The summed E-state index contributed by atoms with van der Waals surface area (Å²) in [7, 11) is -6.95. The average molecular weight is 386 g/mol. The Hall–Kier alpha value is -0.640. The Bertz CT molecular complexity index is 683. The van der Waals surface area contributed by atoms with Crippen LogP contribution in [0.15, 0.2) is 27.6 Å². The van der Waals surface area contributed by atoms with Crippen LogP contribution in [0.1, 0.15) is 13.8 Å². The topological polar surface area (TPSA) is 104 Å². The van der Waals surface area contributed by atoms with Gasteiger partial charge in [-0.05, 0) is 48.0 Å². The van der Waals surface area contributed by atoms with Crippen LogP contribution in [0.2, 0.25) is 0 Å². The summed E-state index contributed by atoms with van der Waals surface area (Å²) in [6, 6.07) is 4.03. The van der Waals surface area contributed by atoms with E-state index in [-0.39, 0.29) is 17.3 Å². The molecule has 0 unspecified atom stereocenters. The second-order valence-corrected chi connectivity index (χ2v) is 9.49. The summed E-state index contributed by atoms with van der Waals surface area (Å²) in [5, 5.41) is 4.54. The molecule has 6 nitrogen and oxygen atoms in total. The molecule has 1 aromatic rings. The highest BCUT2D eigenvalue weighted by atomic mass is 79.9. The Balaban J connectivity index is 2.76. The molecule has 0 atom stereocenters. The van der Waals surface area contributed by atoms with Gasteiger partial charge in [-0.25, -0.2) is 22.0 Å². The summed E-state index contributed by atoms with van der Waals surface area (Å²) in [6.07, 6.45) is 0. The number of benzene rings is 1. The maximum atomic E-state index is 11.6. The number of halogens is 1. The number of sulfone groups is 1. The summed E-state index contributed by atoms with van der Waals surface area (Å²) in [5.41, 5.74) is 0. The average Bonchev–Trinajstić information content (AvgIpc) is 2.29. The summed E-state index contributed by atoms with van der Waals surface area (Å²) >= 11 is 3.15. The summed E-state index contributed by atoms with van der Waals surface area (Å²) in [4.78, 5) is -0.0495. The molecule has 1 aromatic carbocycles. The number of hydrogen-bond acceptors (Lipinski definition) is 5. The molecule has 0 heterocycles. The smallest absolute Gasteiger partial charge is 0.238 e. The van der Waals surface area contributed by atoms with Crippen LogP contribution in [-0.4, -0.2) is 34.4 Å². The van der Waals surface area contributed by atoms with E-state index in [0.717, 1.165) is 0 Å². The molecule has 0 saturated heterocycles. The van der Waals surface area contributed by atoms with Gasteiger partial charge in [0.25, 0.3) is 0 Å². The highest BCUT2D eigenvalue weighted by molar-refractivity contribution is 9.10. The number of rotatable bonds is 6. The van der Waals surface area contributed by atoms with Gasteiger partial charge in [0.2, 0.25) is 10.0 Å². The second-order valence-electron chi connectivity index (χ2n) is 4.40. The predicted octanol–water partition coefficient (Wildman–Crippen LogP) is 1.30. The van der Waals surface area contributed by atoms with Crippen molar-refractivity contribution in [2.24, 2.45) is 5.14 Å². The molecule has 0 radical (unpaired) electrons. The van der Waals surface area contributed by atoms with Crippen molar-refractivity contribution in [2.75, 3.05) is 12.4 Å². The van der Waals surface area contributed by atoms with Crippen molar-refractivity contribution < 1.29 is 21.6 Å². The Morgan fingerprint density at radius 2 is 1.85 bits per heavy atom. The minimum Gasteiger partial charge on any atom is -0.491 e. The van der Waals surface area contributed by atoms with Crippen molar-refractivity contribution in [3.63, 3.8) is 0 Å². The number of sulfonamides is 1. The fraction of sp³-hybridized carbons (Fsp3) is 0.455. The zero-order valence-corrected chi connectivity index (χ0v) is 14.3. The Labute approximate surface area is 127 Å². The Morgan fingerprint density at radius 3 is 2.30 bits per heavy atom. The normalized spacial score (nSPS) is 12.7. The maximum absolute atomic E-state index is 11.6. The molecule has 0 aromatic heterocycles. The molecule has 9 heteroatoms. The first-order valence-corrected chi connectivity index (χ1v) is 9.76. The van der Waals surface area contributed by atoms with Crippen LogP contribution in [0.25, 0.3) is 0 Å². The lowest BCUT2D eigenvalue weighted by Crippen LogP contribution is -2.22. The first-order chi connectivity index (χ1) is 9.04. The molecule has 0 aliphatic heterocycles. The first kappa shape index (κ1) is 17.4. The standard InChI is InChI=1S/C11H16BrNO5S2/c1-8(2)19(14,15)6-5-18-11-4-3-9(7-10(11)12)20(13,16)17/h3-4,7-8H,5-6H2,1-2H3,(H2,13,16,17). The van der Waals surface area contributed by atoms with Crippen molar-refractivity contribution in [2.45, 2.75) is 24.0 Å². The fourth-order valence-corrected chi connectivity index (χ4v) is 3.25. The van der Waals surface area contributed by atoms with E-state index in [0.29, 0.717) is 10.2 Å². The maximum Gasteiger partial charge on any atom is 0.238 e. The van der Waals surface area contributed by atoms with Gasteiger partial charge in [0.15, 0.2) is 9.84 Å². The molecule has 20 heavy (non-hydrogen) atoms. The summed E-state index contributed by atoms with van der Waals surface area (Å²) in [5.74, 6) is 0.255. The van der Waals surface area contributed by atoms with E-state index < -0.39 is 25.1 Å². The van der Waals surface area contributed by atoms with Crippen LogP contribution < -0.4 is 9.88 Å². The van der Waals surface area contributed by atoms with Crippen molar-refractivity contribution in [3.8, 4) is 5.75 Å². The van der Waals surface area contributed by atoms with Crippen molar-refractivity contribution in [1.82, 2.24) is 0 Å². The zero-order chi connectivity index (χ0) is 15.6. The highest BCUT2D eigenvalue weighted by Crippen LogP contribution is 2.27. The van der Waals surface area contributed by atoms with Crippen LogP contribution in [-0.2, 0) is 19.9 Å². The molecule has 0 saturated carbocycles. The lowest BCUT2D eigenvalue weighted by atomic mass is 10.3. The van der Waals surface area contributed by atoms with Crippen LogP contribution in [0, 0.1) is 0 Å². The minimum absolute atomic E-state index is 0.00612. The summed E-state index contributed by atoms with van der Waals surface area (Å²) in [6.45, 7) is 3.20. The third kappa shape index (κ3) is 4.72.